The fourth-order valence-corrected chi connectivity index (χ4v) is 2.84. The Balaban J connectivity index is 2.52. The van der Waals surface area contributed by atoms with Gasteiger partial charge in [-0.25, -0.2) is 0 Å². The van der Waals surface area contributed by atoms with E-state index in [-0.39, 0.29) is 16.9 Å². The maximum atomic E-state index is 10.1. The number of rotatable bonds is 4. The molecule has 0 aromatic heterocycles. The highest BCUT2D eigenvalue weighted by atomic mass is 28.4. The van der Waals surface area contributed by atoms with Gasteiger partial charge < -0.3 is 9.53 Å². The van der Waals surface area contributed by atoms with Crippen LogP contribution in [0.5, 0.6) is 0 Å². The summed E-state index contributed by atoms with van der Waals surface area (Å²) in [4.78, 5) is 0. The number of aliphatic hydroxyl groups is 1. The van der Waals surface area contributed by atoms with E-state index in [0.29, 0.717) is 13.0 Å². The van der Waals surface area contributed by atoms with E-state index in [9.17, 15) is 5.11 Å². The monoisotopic (exact) mass is 267 g/mol. The Bertz CT molecular complexity index is 352. The number of nitriles is 1. The molecule has 0 saturated heterocycles. The van der Waals surface area contributed by atoms with E-state index in [0.717, 1.165) is 0 Å². The smallest absolute Gasteiger partial charge is 0.192 e. The summed E-state index contributed by atoms with van der Waals surface area (Å²) in [6, 6.07) is 2.11. The van der Waals surface area contributed by atoms with Crippen LogP contribution in [0.1, 0.15) is 27.2 Å². The largest absolute Gasteiger partial charge is 0.416 e. The number of hydrogen-bond acceptors (Lipinski definition) is 3. The van der Waals surface area contributed by atoms with Crippen LogP contribution in [0, 0.1) is 23.2 Å². The minimum Gasteiger partial charge on any atom is -0.416 e. The zero-order valence-electron chi connectivity index (χ0n) is 12.1. The minimum atomic E-state index is -1.75. The third-order valence-electron chi connectivity index (χ3n) is 4.25. The predicted octanol–water partition coefficient (Wildman–Crippen LogP) is 3.08. The molecule has 1 aliphatic carbocycles. The maximum Gasteiger partial charge on any atom is 0.192 e. The van der Waals surface area contributed by atoms with Crippen LogP contribution in [0.3, 0.4) is 0 Å². The van der Waals surface area contributed by atoms with E-state index < -0.39 is 14.4 Å². The fourth-order valence-electron chi connectivity index (χ4n) is 1.80. The summed E-state index contributed by atoms with van der Waals surface area (Å²) >= 11 is 0. The standard InChI is InChI=1S/C14H25NO2Si/c1-14(2,3)18(4,5)17-10-12-7-6-11(8-9-15)13(12)16/h6-7,11-13,16H,8,10H2,1-5H3/t11-,12+,13-/m0/s1. The van der Waals surface area contributed by atoms with Gasteiger partial charge in [0.15, 0.2) is 8.32 Å². The van der Waals surface area contributed by atoms with Gasteiger partial charge in [-0.3, -0.25) is 0 Å². The predicted molar refractivity (Wildman–Crippen MR) is 75.5 cm³/mol. The Morgan fingerprint density at radius 1 is 1.28 bits per heavy atom. The molecule has 0 fully saturated rings. The van der Waals surface area contributed by atoms with Crippen molar-refractivity contribution in [1.29, 1.82) is 5.26 Å². The molecule has 0 spiro atoms. The summed E-state index contributed by atoms with van der Waals surface area (Å²) < 4.78 is 6.12. The average molecular weight is 267 g/mol. The van der Waals surface area contributed by atoms with Crippen molar-refractivity contribution in [3.8, 4) is 6.07 Å². The first kappa shape index (κ1) is 15.4. The molecule has 4 heteroatoms. The van der Waals surface area contributed by atoms with E-state index in [4.69, 9.17) is 9.69 Å². The molecule has 0 aliphatic heterocycles. The van der Waals surface area contributed by atoms with Crippen molar-refractivity contribution >= 4 is 8.32 Å². The van der Waals surface area contributed by atoms with Gasteiger partial charge in [0.1, 0.15) is 0 Å². The first-order chi connectivity index (χ1) is 8.19. The van der Waals surface area contributed by atoms with Crippen LogP contribution in [0.15, 0.2) is 12.2 Å². The molecule has 1 aliphatic rings. The van der Waals surface area contributed by atoms with Crippen LogP contribution >= 0.6 is 0 Å². The SMILES string of the molecule is CC(C)(C)[Si](C)(C)OC[C@H]1C=C[C@@H](CC#N)[C@@H]1O. The van der Waals surface area contributed by atoms with Gasteiger partial charge in [-0.1, -0.05) is 32.9 Å². The molecule has 3 nitrogen and oxygen atoms in total. The molecule has 0 aromatic rings. The molecule has 0 aromatic carbocycles. The normalized spacial score (nSPS) is 28.4. The number of aliphatic hydroxyl groups excluding tert-OH is 1. The maximum absolute atomic E-state index is 10.1. The first-order valence-corrected chi connectivity index (χ1v) is 9.47. The summed E-state index contributed by atoms with van der Waals surface area (Å²) in [6.45, 7) is 11.6. The van der Waals surface area contributed by atoms with Crippen molar-refractivity contribution < 1.29 is 9.53 Å². The third kappa shape index (κ3) is 3.44. The molecule has 102 valence electrons. The second kappa shape index (κ2) is 5.56. The highest BCUT2D eigenvalue weighted by Gasteiger charge is 2.39. The van der Waals surface area contributed by atoms with Gasteiger partial charge in [0.2, 0.25) is 0 Å². The van der Waals surface area contributed by atoms with E-state index in [1.807, 2.05) is 12.2 Å². The van der Waals surface area contributed by atoms with Crippen molar-refractivity contribution in [1.82, 2.24) is 0 Å². The minimum absolute atomic E-state index is 0.0250. The van der Waals surface area contributed by atoms with Crippen LogP contribution in [0.2, 0.25) is 18.1 Å². The highest BCUT2D eigenvalue weighted by Crippen LogP contribution is 2.37. The van der Waals surface area contributed by atoms with Gasteiger partial charge in [0.05, 0.1) is 12.2 Å². The van der Waals surface area contributed by atoms with Crippen LogP contribution in [0.25, 0.3) is 0 Å². The van der Waals surface area contributed by atoms with Crippen molar-refractivity contribution in [2.75, 3.05) is 6.61 Å². The van der Waals surface area contributed by atoms with E-state index in [2.05, 4.69) is 39.9 Å². The average Bonchev–Trinajstić information content (AvgIpc) is 2.57. The molecule has 3 atom stereocenters. The Hall–Kier alpha value is -0.633. The lowest BCUT2D eigenvalue weighted by Crippen LogP contribution is -2.42. The Morgan fingerprint density at radius 2 is 1.83 bits per heavy atom. The summed E-state index contributed by atoms with van der Waals surface area (Å²) in [7, 11) is -1.75. The second-order valence-electron chi connectivity index (χ2n) is 6.64. The van der Waals surface area contributed by atoms with E-state index in [1.165, 1.54) is 0 Å². The number of hydrogen-bond donors (Lipinski definition) is 1. The van der Waals surface area contributed by atoms with Gasteiger partial charge in [-0.15, -0.1) is 0 Å². The molecular weight excluding hydrogens is 242 g/mol. The van der Waals surface area contributed by atoms with E-state index >= 15 is 0 Å². The zero-order valence-corrected chi connectivity index (χ0v) is 13.1. The summed E-state index contributed by atoms with van der Waals surface area (Å²) in [6.07, 6.45) is 3.87. The summed E-state index contributed by atoms with van der Waals surface area (Å²) in [5.74, 6) is 0.0143. The van der Waals surface area contributed by atoms with Crippen LogP contribution in [-0.4, -0.2) is 26.1 Å². The fraction of sp³-hybridized carbons (Fsp3) is 0.786. The lowest BCUT2D eigenvalue weighted by Gasteiger charge is -2.37. The van der Waals surface area contributed by atoms with Gasteiger partial charge >= 0.3 is 0 Å². The number of nitrogens with zero attached hydrogens (tertiary/aromatic N) is 1. The molecule has 18 heavy (non-hydrogen) atoms. The second-order valence-corrected chi connectivity index (χ2v) is 11.4. The van der Waals surface area contributed by atoms with Crippen molar-refractivity contribution in [3.05, 3.63) is 12.2 Å². The highest BCUT2D eigenvalue weighted by molar-refractivity contribution is 6.74. The lowest BCUT2D eigenvalue weighted by atomic mass is 9.98. The molecule has 1 N–H and O–H groups in total. The molecule has 0 bridgehead atoms. The topological polar surface area (TPSA) is 53.2 Å². The van der Waals surface area contributed by atoms with Gasteiger partial charge in [0.25, 0.3) is 0 Å². The van der Waals surface area contributed by atoms with Gasteiger partial charge in [0, 0.05) is 24.9 Å². The Morgan fingerprint density at radius 3 is 2.33 bits per heavy atom. The van der Waals surface area contributed by atoms with E-state index in [1.54, 1.807) is 0 Å². The van der Waals surface area contributed by atoms with Gasteiger partial charge in [-0.2, -0.15) is 5.26 Å². The molecule has 0 unspecified atom stereocenters. The molecule has 0 saturated carbocycles. The Labute approximate surface area is 112 Å². The molecule has 0 heterocycles. The lowest BCUT2D eigenvalue weighted by molar-refractivity contribution is 0.0752. The quantitative estimate of drug-likeness (QED) is 0.629. The van der Waals surface area contributed by atoms with Crippen molar-refractivity contribution in [2.45, 2.75) is 51.4 Å². The van der Waals surface area contributed by atoms with Crippen molar-refractivity contribution in [3.63, 3.8) is 0 Å². The third-order valence-corrected chi connectivity index (χ3v) is 8.75. The van der Waals surface area contributed by atoms with Crippen molar-refractivity contribution in [2.24, 2.45) is 11.8 Å². The summed E-state index contributed by atoms with van der Waals surface area (Å²) in [5.41, 5.74) is 0. The van der Waals surface area contributed by atoms with Crippen LogP contribution < -0.4 is 0 Å². The molecular formula is C14H25NO2Si. The zero-order chi connectivity index (χ0) is 14.0. The van der Waals surface area contributed by atoms with Gasteiger partial charge in [-0.05, 0) is 18.1 Å². The Kier molecular flexibility index (Phi) is 4.76. The van der Waals surface area contributed by atoms with Crippen LogP contribution in [0.4, 0.5) is 0 Å². The first-order valence-electron chi connectivity index (χ1n) is 6.56. The summed E-state index contributed by atoms with van der Waals surface area (Å²) in [5, 5.41) is 19.0. The van der Waals surface area contributed by atoms with Crippen LogP contribution in [-0.2, 0) is 4.43 Å². The molecule has 0 radical (unpaired) electrons. The molecule has 0 amide bonds. The molecule has 1 rings (SSSR count).